The van der Waals surface area contributed by atoms with Crippen LogP contribution in [0.3, 0.4) is 0 Å². The Labute approximate surface area is 122 Å². The predicted octanol–water partition coefficient (Wildman–Crippen LogP) is 4.42. The number of nitrogens with one attached hydrogen (secondary N) is 1. The van der Waals surface area contributed by atoms with E-state index in [2.05, 4.69) is 21.8 Å². The van der Waals surface area contributed by atoms with E-state index in [9.17, 15) is 13.2 Å². The van der Waals surface area contributed by atoms with Crippen molar-refractivity contribution in [3.63, 3.8) is 0 Å². The van der Waals surface area contributed by atoms with Crippen LogP contribution in [0.1, 0.15) is 5.56 Å². The second kappa shape index (κ2) is 5.88. The lowest BCUT2D eigenvalue weighted by molar-refractivity contribution is -0.137. The molecular formula is C12H9ClF3N3S. The minimum absolute atomic E-state index is 0.166. The molecule has 0 saturated carbocycles. The van der Waals surface area contributed by atoms with E-state index in [1.807, 2.05) is 0 Å². The average Bonchev–Trinajstić information content (AvgIpc) is 2.84. The van der Waals surface area contributed by atoms with Crippen molar-refractivity contribution < 1.29 is 13.2 Å². The quantitative estimate of drug-likeness (QED) is 0.670. The van der Waals surface area contributed by atoms with Gasteiger partial charge in [0.25, 0.3) is 0 Å². The number of thioether (sulfide) groups is 1. The molecule has 106 valence electrons. The molecule has 0 amide bonds. The van der Waals surface area contributed by atoms with Crippen LogP contribution in [0.2, 0.25) is 5.02 Å². The number of aromatic nitrogens is 3. The fourth-order valence-electron chi connectivity index (χ4n) is 1.45. The summed E-state index contributed by atoms with van der Waals surface area (Å²) in [6.07, 6.45) is -2.75. The van der Waals surface area contributed by atoms with Crippen LogP contribution in [-0.4, -0.2) is 20.9 Å². The van der Waals surface area contributed by atoms with Gasteiger partial charge in [-0.05, 0) is 18.2 Å². The Morgan fingerprint density at radius 2 is 2.15 bits per heavy atom. The standard InChI is InChI=1S/C12H9ClF3N3S/c1-2-5-20-11-17-10(18-19-11)8-6-7(12(14,15)16)3-4-9(8)13/h2-4,6H,1,5H2,(H,17,18,19). The van der Waals surface area contributed by atoms with Gasteiger partial charge in [-0.1, -0.05) is 29.4 Å². The molecule has 0 radical (unpaired) electrons. The lowest BCUT2D eigenvalue weighted by atomic mass is 10.1. The summed E-state index contributed by atoms with van der Waals surface area (Å²) in [7, 11) is 0. The fraction of sp³-hybridized carbons (Fsp3) is 0.167. The first-order chi connectivity index (χ1) is 9.41. The number of benzene rings is 1. The Morgan fingerprint density at radius 3 is 2.80 bits per heavy atom. The first-order valence-corrected chi connectivity index (χ1v) is 6.81. The van der Waals surface area contributed by atoms with Gasteiger partial charge in [-0.3, -0.25) is 5.10 Å². The van der Waals surface area contributed by atoms with E-state index in [1.165, 1.54) is 17.8 Å². The molecule has 0 saturated heterocycles. The summed E-state index contributed by atoms with van der Waals surface area (Å²) in [4.78, 5) is 4.10. The topological polar surface area (TPSA) is 41.6 Å². The molecule has 8 heteroatoms. The predicted molar refractivity (Wildman–Crippen MR) is 72.8 cm³/mol. The van der Waals surface area contributed by atoms with Crippen LogP contribution in [-0.2, 0) is 6.18 Å². The molecule has 2 aromatic rings. The zero-order chi connectivity index (χ0) is 14.8. The van der Waals surface area contributed by atoms with Crippen molar-refractivity contribution in [2.24, 2.45) is 0 Å². The largest absolute Gasteiger partial charge is 0.416 e. The molecule has 2 rings (SSSR count). The van der Waals surface area contributed by atoms with Gasteiger partial charge in [0.05, 0.1) is 10.6 Å². The van der Waals surface area contributed by atoms with E-state index in [1.54, 1.807) is 6.08 Å². The van der Waals surface area contributed by atoms with E-state index in [-0.39, 0.29) is 16.4 Å². The molecule has 1 aromatic carbocycles. The second-order valence-corrected chi connectivity index (χ2v) is 5.15. The number of hydrogen-bond acceptors (Lipinski definition) is 3. The zero-order valence-electron chi connectivity index (χ0n) is 10.0. The number of H-pyrrole nitrogens is 1. The van der Waals surface area contributed by atoms with Crippen LogP contribution >= 0.6 is 23.4 Å². The third kappa shape index (κ3) is 3.34. The summed E-state index contributed by atoms with van der Waals surface area (Å²) in [5.41, 5.74) is -0.618. The highest BCUT2D eigenvalue weighted by Crippen LogP contribution is 2.35. The van der Waals surface area contributed by atoms with E-state index < -0.39 is 11.7 Å². The van der Waals surface area contributed by atoms with Gasteiger partial charge in [0.15, 0.2) is 5.82 Å². The Hall–Kier alpha value is -1.47. The van der Waals surface area contributed by atoms with Crippen LogP contribution < -0.4 is 0 Å². The molecule has 0 spiro atoms. The molecule has 1 aromatic heterocycles. The maximum absolute atomic E-state index is 12.7. The molecule has 0 atom stereocenters. The SMILES string of the molecule is C=CCSc1n[nH]c(-c2cc(C(F)(F)F)ccc2Cl)n1. The Bertz CT molecular complexity index is 625. The van der Waals surface area contributed by atoms with E-state index in [4.69, 9.17) is 11.6 Å². The van der Waals surface area contributed by atoms with Crippen molar-refractivity contribution in [1.82, 2.24) is 15.2 Å². The smallest absolute Gasteiger partial charge is 0.258 e. The molecular weight excluding hydrogens is 311 g/mol. The number of hydrogen-bond donors (Lipinski definition) is 1. The van der Waals surface area contributed by atoms with Crippen LogP contribution in [0.5, 0.6) is 0 Å². The van der Waals surface area contributed by atoms with Crippen molar-refractivity contribution in [2.75, 3.05) is 5.75 Å². The summed E-state index contributed by atoms with van der Waals surface area (Å²) in [6, 6.07) is 3.07. The highest BCUT2D eigenvalue weighted by atomic mass is 35.5. The maximum Gasteiger partial charge on any atom is 0.416 e. The van der Waals surface area contributed by atoms with Crippen LogP contribution in [0.25, 0.3) is 11.4 Å². The minimum Gasteiger partial charge on any atom is -0.258 e. The molecule has 1 heterocycles. The summed E-state index contributed by atoms with van der Waals surface area (Å²) in [5, 5.41) is 7.08. The molecule has 3 nitrogen and oxygen atoms in total. The van der Waals surface area contributed by atoms with Crippen LogP contribution in [0.4, 0.5) is 13.2 Å². The first-order valence-electron chi connectivity index (χ1n) is 5.45. The minimum atomic E-state index is -4.43. The molecule has 0 fully saturated rings. The number of aromatic amines is 1. The van der Waals surface area contributed by atoms with Gasteiger partial charge in [0, 0.05) is 11.3 Å². The second-order valence-electron chi connectivity index (χ2n) is 3.76. The van der Waals surface area contributed by atoms with Crippen LogP contribution in [0.15, 0.2) is 36.0 Å². The summed E-state index contributed by atoms with van der Waals surface area (Å²) < 4.78 is 38.0. The van der Waals surface area contributed by atoms with Crippen molar-refractivity contribution >= 4 is 23.4 Å². The van der Waals surface area contributed by atoms with Gasteiger partial charge in [-0.25, -0.2) is 4.98 Å². The highest BCUT2D eigenvalue weighted by molar-refractivity contribution is 7.99. The Balaban J connectivity index is 2.36. The third-order valence-corrected chi connectivity index (χ3v) is 3.52. The normalized spacial score (nSPS) is 11.6. The molecule has 1 N–H and O–H groups in total. The number of alkyl halides is 3. The summed E-state index contributed by atoms with van der Waals surface area (Å²) >= 11 is 7.23. The zero-order valence-corrected chi connectivity index (χ0v) is 11.6. The highest BCUT2D eigenvalue weighted by Gasteiger charge is 2.31. The lowest BCUT2D eigenvalue weighted by Crippen LogP contribution is -2.04. The first kappa shape index (κ1) is 14.9. The van der Waals surface area contributed by atoms with E-state index in [0.29, 0.717) is 10.9 Å². The van der Waals surface area contributed by atoms with Gasteiger partial charge in [-0.15, -0.1) is 11.7 Å². The fourth-order valence-corrected chi connectivity index (χ4v) is 2.19. The Kier molecular flexibility index (Phi) is 4.39. The third-order valence-electron chi connectivity index (χ3n) is 2.34. The lowest BCUT2D eigenvalue weighted by Gasteiger charge is -2.08. The number of halogens is 4. The summed E-state index contributed by atoms with van der Waals surface area (Å²) in [5.74, 6) is 0.806. The number of nitrogens with zero attached hydrogens (tertiary/aromatic N) is 2. The van der Waals surface area contributed by atoms with Crippen molar-refractivity contribution in [1.29, 1.82) is 0 Å². The molecule has 0 aliphatic carbocycles. The summed E-state index contributed by atoms with van der Waals surface area (Å²) in [6.45, 7) is 3.56. The molecule has 0 aliphatic heterocycles. The van der Waals surface area contributed by atoms with E-state index in [0.717, 1.165) is 12.1 Å². The molecule has 0 bridgehead atoms. The average molecular weight is 320 g/mol. The van der Waals surface area contributed by atoms with Crippen molar-refractivity contribution in [3.05, 3.63) is 41.4 Å². The molecule has 0 aliphatic rings. The maximum atomic E-state index is 12.7. The van der Waals surface area contributed by atoms with Gasteiger partial charge in [0.1, 0.15) is 0 Å². The van der Waals surface area contributed by atoms with E-state index >= 15 is 0 Å². The molecule has 20 heavy (non-hydrogen) atoms. The van der Waals surface area contributed by atoms with Gasteiger partial charge in [-0.2, -0.15) is 13.2 Å². The molecule has 0 unspecified atom stereocenters. The van der Waals surface area contributed by atoms with Gasteiger partial charge >= 0.3 is 6.18 Å². The number of rotatable bonds is 4. The van der Waals surface area contributed by atoms with Gasteiger partial charge < -0.3 is 0 Å². The monoisotopic (exact) mass is 319 g/mol. The Morgan fingerprint density at radius 1 is 1.40 bits per heavy atom. The van der Waals surface area contributed by atoms with Crippen molar-refractivity contribution in [2.45, 2.75) is 11.3 Å². The van der Waals surface area contributed by atoms with Crippen LogP contribution in [0, 0.1) is 0 Å². The van der Waals surface area contributed by atoms with Crippen molar-refractivity contribution in [3.8, 4) is 11.4 Å². The van der Waals surface area contributed by atoms with Gasteiger partial charge in [0.2, 0.25) is 5.16 Å².